The molecule has 0 unspecified atom stereocenters. The predicted molar refractivity (Wildman–Crippen MR) is 111 cm³/mol. The highest BCUT2D eigenvalue weighted by molar-refractivity contribution is 14.0. The Kier molecular flexibility index (Phi) is 9.85. The second-order valence-corrected chi connectivity index (χ2v) is 6.02. The Balaban J connectivity index is 0.00000338. The Bertz CT molecular complexity index is 619. The minimum atomic E-state index is -0.262. The van der Waals surface area contributed by atoms with E-state index in [1.807, 2.05) is 11.8 Å². The summed E-state index contributed by atoms with van der Waals surface area (Å²) in [4.78, 5) is 20.1. The lowest BCUT2D eigenvalue weighted by Gasteiger charge is -2.36. The van der Waals surface area contributed by atoms with Gasteiger partial charge in [0.15, 0.2) is 5.96 Å². The molecule has 146 valence electrons. The van der Waals surface area contributed by atoms with Crippen LogP contribution >= 0.6 is 24.0 Å². The van der Waals surface area contributed by atoms with Gasteiger partial charge in [-0.2, -0.15) is 0 Å². The van der Waals surface area contributed by atoms with Crippen molar-refractivity contribution in [1.82, 2.24) is 15.1 Å². The zero-order chi connectivity index (χ0) is 18.2. The highest BCUT2D eigenvalue weighted by Gasteiger charge is 2.20. The molecule has 0 spiro atoms. The number of guanidine groups is 1. The maximum absolute atomic E-state index is 13.7. The first kappa shape index (κ1) is 22.6. The van der Waals surface area contributed by atoms with E-state index in [9.17, 15) is 9.18 Å². The van der Waals surface area contributed by atoms with E-state index >= 15 is 0 Å². The third-order valence-corrected chi connectivity index (χ3v) is 4.18. The number of benzene rings is 1. The molecule has 1 fully saturated rings. The number of carbonyl (C=O) groups is 1. The van der Waals surface area contributed by atoms with Crippen LogP contribution in [0.25, 0.3) is 0 Å². The molecular weight excluding hydrogens is 450 g/mol. The third kappa shape index (κ3) is 6.39. The van der Waals surface area contributed by atoms with Crippen molar-refractivity contribution in [2.24, 2.45) is 4.99 Å². The van der Waals surface area contributed by atoms with Crippen molar-refractivity contribution < 1.29 is 13.9 Å². The Labute approximate surface area is 171 Å². The fourth-order valence-electron chi connectivity index (χ4n) is 2.82. The molecule has 0 radical (unpaired) electrons. The van der Waals surface area contributed by atoms with Gasteiger partial charge in [-0.05, 0) is 24.6 Å². The van der Waals surface area contributed by atoms with Crippen LogP contribution in [0.4, 0.5) is 4.39 Å². The minimum absolute atomic E-state index is 0. The fourth-order valence-corrected chi connectivity index (χ4v) is 2.82. The van der Waals surface area contributed by atoms with Crippen LogP contribution in [-0.4, -0.2) is 61.5 Å². The minimum Gasteiger partial charge on any atom is -0.380 e. The van der Waals surface area contributed by atoms with Gasteiger partial charge in [0.1, 0.15) is 5.82 Å². The molecule has 1 aromatic carbocycles. The zero-order valence-electron chi connectivity index (χ0n) is 15.6. The number of halogens is 2. The topological polar surface area (TPSA) is 57.2 Å². The van der Waals surface area contributed by atoms with Crippen LogP contribution in [0.5, 0.6) is 0 Å². The summed E-state index contributed by atoms with van der Waals surface area (Å²) in [6, 6.07) is 4.99. The highest BCUT2D eigenvalue weighted by atomic mass is 127. The van der Waals surface area contributed by atoms with Crippen molar-refractivity contribution in [1.29, 1.82) is 0 Å². The van der Waals surface area contributed by atoms with Crippen molar-refractivity contribution in [3.8, 4) is 0 Å². The second kappa shape index (κ2) is 11.3. The molecule has 6 nitrogen and oxygen atoms in total. The summed E-state index contributed by atoms with van der Waals surface area (Å²) in [7, 11) is 1.55. The summed E-state index contributed by atoms with van der Waals surface area (Å²) in [6.07, 6.45) is 0. The van der Waals surface area contributed by atoms with Gasteiger partial charge in [0, 0.05) is 52.3 Å². The molecule has 1 aliphatic heterocycles. The zero-order valence-corrected chi connectivity index (χ0v) is 18.0. The van der Waals surface area contributed by atoms with E-state index in [4.69, 9.17) is 4.74 Å². The van der Waals surface area contributed by atoms with Crippen molar-refractivity contribution in [2.75, 3.05) is 39.8 Å². The largest absolute Gasteiger partial charge is 0.380 e. The lowest BCUT2D eigenvalue weighted by molar-refractivity contribution is -0.130. The van der Waals surface area contributed by atoms with Gasteiger partial charge < -0.3 is 19.9 Å². The number of carbonyl (C=O) groups excluding carboxylic acids is 1. The molecule has 0 aliphatic carbocycles. The highest BCUT2D eigenvalue weighted by Crippen LogP contribution is 2.13. The van der Waals surface area contributed by atoms with Crippen LogP contribution in [0, 0.1) is 5.82 Å². The van der Waals surface area contributed by atoms with E-state index in [1.165, 1.54) is 6.07 Å². The van der Waals surface area contributed by atoms with Gasteiger partial charge in [0.2, 0.25) is 5.91 Å². The van der Waals surface area contributed by atoms with E-state index in [0.29, 0.717) is 25.2 Å². The van der Waals surface area contributed by atoms with Gasteiger partial charge in [-0.15, -0.1) is 24.0 Å². The molecule has 0 saturated carbocycles. The number of rotatable bonds is 5. The van der Waals surface area contributed by atoms with Crippen LogP contribution in [-0.2, 0) is 22.7 Å². The van der Waals surface area contributed by atoms with Crippen LogP contribution in [0.2, 0.25) is 0 Å². The predicted octanol–water partition coefficient (Wildman–Crippen LogP) is 2.22. The molecule has 1 saturated heterocycles. The maximum atomic E-state index is 13.7. The van der Waals surface area contributed by atoms with Gasteiger partial charge in [0.05, 0.1) is 13.2 Å². The number of nitrogens with one attached hydrogen (secondary N) is 1. The molecule has 1 N–H and O–H groups in total. The first-order valence-corrected chi connectivity index (χ1v) is 8.60. The molecule has 8 heteroatoms. The molecule has 1 aromatic rings. The quantitative estimate of drug-likeness (QED) is 0.401. The van der Waals surface area contributed by atoms with Crippen LogP contribution in [0.1, 0.15) is 25.0 Å². The van der Waals surface area contributed by atoms with Crippen molar-refractivity contribution >= 4 is 35.8 Å². The Hall–Kier alpha value is -1.42. The fraction of sp³-hybridized carbons (Fsp3) is 0.556. The number of nitrogens with zero attached hydrogens (tertiary/aromatic N) is 3. The summed E-state index contributed by atoms with van der Waals surface area (Å²) in [5.41, 5.74) is 1.47. The molecule has 26 heavy (non-hydrogen) atoms. The van der Waals surface area contributed by atoms with Crippen molar-refractivity contribution in [3.63, 3.8) is 0 Å². The van der Waals surface area contributed by atoms with Gasteiger partial charge in [-0.1, -0.05) is 6.07 Å². The average Bonchev–Trinajstić information content (AvgIpc) is 2.61. The van der Waals surface area contributed by atoms with Crippen molar-refractivity contribution in [2.45, 2.75) is 27.0 Å². The van der Waals surface area contributed by atoms with Gasteiger partial charge in [-0.25, -0.2) is 9.38 Å². The number of hydrogen-bond donors (Lipinski definition) is 1. The molecule has 1 heterocycles. The number of hydrogen-bond acceptors (Lipinski definition) is 3. The SMILES string of the molecule is CCNC(=NCc1ccc(F)c(COC)c1)N1CCN(C(C)=O)CC1.I. The molecule has 0 aromatic heterocycles. The molecule has 0 atom stereocenters. The summed E-state index contributed by atoms with van der Waals surface area (Å²) in [6.45, 7) is 8.01. The number of amides is 1. The van der Waals surface area contributed by atoms with Crippen LogP contribution in [0.15, 0.2) is 23.2 Å². The van der Waals surface area contributed by atoms with Gasteiger partial charge in [-0.3, -0.25) is 4.79 Å². The Morgan fingerprint density at radius 2 is 1.92 bits per heavy atom. The average molecular weight is 478 g/mol. The molecule has 2 rings (SSSR count). The van der Waals surface area contributed by atoms with E-state index in [1.54, 1.807) is 26.2 Å². The number of methoxy groups -OCH3 is 1. The van der Waals surface area contributed by atoms with Crippen molar-refractivity contribution in [3.05, 3.63) is 35.1 Å². The summed E-state index contributed by atoms with van der Waals surface area (Å²) < 4.78 is 18.7. The number of aliphatic imine (C=N–C) groups is 1. The number of piperazine rings is 1. The Morgan fingerprint density at radius 1 is 1.27 bits per heavy atom. The molecular formula is C18H28FIN4O2. The smallest absolute Gasteiger partial charge is 0.219 e. The first-order valence-electron chi connectivity index (χ1n) is 8.60. The van der Waals surface area contributed by atoms with E-state index in [2.05, 4.69) is 15.2 Å². The maximum Gasteiger partial charge on any atom is 0.219 e. The summed E-state index contributed by atoms with van der Waals surface area (Å²) >= 11 is 0. The Morgan fingerprint density at radius 3 is 2.50 bits per heavy atom. The summed E-state index contributed by atoms with van der Waals surface area (Å²) in [5.74, 6) is 0.670. The molecule has 0 bridgehead atoms. The number of ether oxygens (including phenoxy) is 1. The lowest BCUT2D eigenvalue weighted by Crippen LogP contribution is -2.53. The summed E-state index contributed by atoms with van der Waals surface area (Å²) in [5, 5.41) is 3.29. The van der Waals surface area contributed by atoms with E-state index in [0.717, 1.165) is 31.2 Å². The van der Waals surface area contributed by atoms with Gasteiger partial charge >= 0.3 is 0 Å². The van der Waals surface area contributed by atoms with Gasteiger partial charge in [0.25, 0.3) is 0 Å². The van der Waals surface area contributed by atoms with Crippen LogP contribution in [0.3, 0.4) is 0 Å². The van der Waals surface area contributed by atoms with E-state index in [-0.39, 0.29) is 42.3 Å². The molecule has 1 amide bonds. The molecule has 1 aliphatic rings. The van der Waals surface area contributed by atoms with E-state index < -0.39 is 0 Å². The first-order chi connectivity index (χ1) is 12.0. The monoisotopic (exact) mass is 478 g/mol. The lowest BCUT2D eigenvalue weighted by atomic mass is 10.1. The third-order valence-electron chi connectivity index (χ3n) is 4.18. The standard InChI is InChI=1S/C18H27FN4O2.HI/c1-4-20-18(23-9-7-22(8-10-23)14(2)24)21-12-15-5-6-17(19)16(11-15)13-25-3;/h5-6,11H,4,7-10,12-13H2,1-3H3,(H,20,21);1H. The van der Waals surface area contributed by atoms with Crippen LogP contribution < -0.4 is 5.32 Å². The second-order valence-electron chi connectivity index (χ2n) is 6.02. The normalized spacial score (nSPS) is 14.8.